The van der Waals surface area contributed by atoms with E-state index in [2.05, 4.69) is 4.98 Å². The molecule has 2 rings (SSSR count). The van der Waals surface area contributed by atoms with Crippen molar-refractivity contribution in [1.82, 2.24) is 4.98 Å². The third kappa shape index (κ3) is 3.88. The maximum absolute atomic E-state index is 12.3. The fourth-order valence-corrected chi connectivity index (χ4v) is 2.10. The van der Waals surface area contributed by atoms with Crippen LogP contribution in [-0.4, -0.2) is 42.7 Å². The molecule has 9 heteroatoms. The minimum Gasteiger partial charge on any atom is -0.462 e. The van der Waals surface area contributed by atoms with Gasteiger partial charge in [0.1, 0.15) is 0 Å². The van der Waals surface area contributed by atoms with Crippen molar-refractivity contribution in [3.8, 4) is 0 Å². The lowest BCUT2D eigenvalue weighted by atomic mass is 10.1. The third-order valence-corrected chi connectivity index (χ3v) is 3.16. The van der Waals surface area contributed by atoms with E-state index in [1.54, 1.807) is 20.8 Å². The van der Waals surface area contributed by atoms with Crippen LogP contribution in [0.5, 0.6) is 0 Å². The molecule has 26 heavy (non-hydrogen) atoms. The minimum absolute atomic E-state index is 0.0492. The molecule has 0 N–H and O–H groups in total. The molecule has 0 bridgehead atoms. The van der Waals surface area contributed by atoms with Crippen molar-refractivity contribution in [3.05, 3.63) is 39.4 Å². The summed E-state index contributed by atoms with van der Waals surface area (Å²) in [6.07, 6.45) is 0. The van der Waals surface area contributed by atoms with Crippen molar-refractivity contribution >= 4 is 29.0 Å². The van der Waals surface area contributed by atoms with Gasteiger partial charge >= 0.3 is 17.9 Å². The summed E-state index contributed by atoms with van der Waals surface area (Å²) in [6, 6.07) is 2.06. The molecule has 138 valence electrons. The summed E-state index contributed by atoms with van der Waals surface area (Å²) in [4.78, 5) is 52.2. The molecular weight excluding hydrogens is 346 g/mol. The summed E-state index contributed by atoms with van der Waals surface area (Å²) in [5.74, 6) is -2.93. The van der Waals surface area contributed by atoms with E-state index in [-0.39, 0.29) is 47.9 Å². The molecule has 0 aliphatic carbocycles. The summed E-state index contributed by atoms with van der Waals surface area (Å²) < 4.78 is 19.8. The highest BCUT2D eigenvalue weighted by molar-refractivity contribution is 6.04. The Morgan fingerprint density at radius 2 is 1.50 bits per heavy atom. The van der Waals surface area contributed by atoms with Crippen molar-refractivity contribution in [3.63, 3.8) is 0 Å². The Labute approximate surface area is 147 Å². The molecule has 0 amide bonds. The van der Waals surface area contributed by atoms with Crippen LogP contribution < -0.4 is 5.43 Å². The molecule has 0 aromatic carbocycles. The van der Waals surface area contributed by atoms with Crippen LogP contribution in [-0.2, 0) is 14.2 Å². The van der Waals surface area contributed by atoms with Gasteiger partial charge in [-0.15, -0.1) is 0 Å². The van der Waals surface area contributed by atoms with Gasteiger partial charge in [0.25, 0.3) is 0 Å². The van der Waals surface area contributed by atoms with Crippen molar-refractivity contribution < 1.29 is 33.0 Å². The molecule has 2 aromatic rings. The highest BCUT2D eigenvalue weighted by atomic mass is 16.5. The van der Waals surface area contributed by atoms with Crippen LogP contribution >= 0.6 is 0 Å². The topological polar surface area (TPSA) is 122 Å². The van der Waals surface area contributed by atoms with Gasteiger partial charge in [0, 0.05) is 6.07 Å². The molecule has 0 aliphatic heterocycles. The van der Waals surface area contributed by atoms with Crippen LogP contribution in [0.15, 0.2) is 21.3 Å². The minimum atomic E-state index is -0.887. The Morgan fingerprint density at radius 3 is 2.12 bits per heavy atom. The first-order valence-corrected chi connectivity index (χ1v) is 7.93. The quantitative estimate of drug-likeness (QED) is 0.557. The molecule has 0 saturated carbocycles. The monoisotopic (exact) mass is 363 g/mol. The van der Waals surface area contributed by atoms with E-state index < -0.39 is 23.3 Å². The number of pyridine rings is 1. The molecular formula is C17H17NO8. The molecule has 0 saturated heterocycles. The van der Waals surface area contributed by atoms with Crippen LogP contribution in [0.2, 0.25) is 0 Å². The molecule has 2 aromatic heterocycles. The van der Waals surface area contributed by atoms with Gasteiger partial charge in [-0.25, -0.2) is 19.4 Å². The van der Waals surface area contributed by atoms with Gasteiger partial charge in [-0.05, 0) is 26.8 Å². The van der Waals surface area contributed by atoms with Crippen LogP contribution in [0.4, 0.5) is 0 Å². The van der Waals surface area contributed by atoms with Crippen molar-refractivity contribution in [2.45, 2.75) is 20.8 Å². The van der Waals surface area contributed by atoms with Gasteiger partial charge in [-0.3, -0.25) is 4.79 Å². The van der Waals surface area contributed by atoms with Gasteiger partial charge in [-0.2, -0.15) is 0 Å². The molecule has 9 nitrogen and oxygen atoms in total. The van der Waals surface area contributed by atoms with Gasteiger partial charge in [0.05, 0.1) is 30.8 Å². The van der Waals surface area contributed by atoms with Crippen LogP contribution in [0, 0.1) is 0 Å². The van der Waals surface area contributed by atoms with E-state index >= 15 is 0 Å². The van der Waals surface area contributed by atoms with Crippen molar-refractivity contribution in [2.75, 3.05) is 19.8 Å². The average Bonchev–Trinajstić information content (AvgIpc) is 2.61. The zero-order valence-electron chi connectivity index (χ0n) is 14.5. The second kappa shape index (κ2) is 8.24. The predicted octanol–water partition coefficient (Wildman–Crippen LogP) is 1.72. The first-order chi connectivity index (χ1) is 12.4. The second-order valence-electron chi connectivity index (χ2n) is 4.87. The van der Waals surface area contributed by atoms with Crippen molar-refractivity contribution in [1.29, 1.82) is 0 Å². The standard InChI is InChI=1S/C17H17NO8/c1-4-23-15(20)10-7-9-11(19)8-12(16(21)24-5-2)26-14(9)18-13(10)17(22)25-6-3/h7-8H,4-6H2,1-3H3. The zero-order valence-corrected chi connectivity index (χ0v) is 14.5. The SMILES string of the molecule is CCOC(=O)c1cc(=O)c2cc(C(=O)OCC)c(C(=O)OCC)nc2o1. The number of hydrogen-bond acceptors (Lipinski definition) is 9. The summed E-state index contributed by atoms with van der Waals surface area (Å²) in [5, 5.41) is -0.0887. The van der Waals surface area contributed by atoms with Gasteiger partial charge in [0.15, 0.2) is 11.1 Å². The van der Waals surface area contributed by atoms with Gasteiger partial charge < -0.3 is 18.6 Å². The largest absolute Gasteiger partial charge is 0.462 e. The summed E-state index contributed by atoms with van der Waals surface area (Å²) in [5.41, 5.74) is -1.52. The number of fused-ring (bicyclic) bond motifs is 1. The van der Waals surface area contributed by atoms with Crippen LogP contribution in [0.3, 0.4) is 0 Å². The summed E-state index contributed by atoms with van der Waals surface area (Å²) in [6.45, 7) is 4.98. The second-order valence-corrected chi connectivity index (χ2v) is 4.87. The molecule has 0 atom stereocenters. The normalized spacial score (nSPS) is 10.4. The Hall–Kier alpha value is -3.23. The van der Waals surface area contributed by atoms with E-state index in [9.17, 15) is 19.2 Å². The maximum Gasteiger partial charge on any atom is 0.374 e. The molecule has 0 unspecified atom stereocenters. The Kier molecular flexibility index (Phi) is 6.05. The van der Waals surface area contributed by atoms with Gasteiger partial charge in [0.2, 0.25) is 11.5 Å². The van der Waals surface area contributed by atoms with E-state index in [1.165, 1.54) is 0 Å². The number of esters is 3. The Bertz CT molecular complexity index is 915. The highest BCUT2D eigenvalue weighted by Gasteiger charge is 2.25. The fourth-order valence-electron chi connectivity index (χ4n) is 2.10. The van der Waals surface area contributed by atoms with Gasteiger partial charge in [-0.1, -0.05) is 0 Å². The first-order valence-electron chi connectivity index (χ1n) is 7.93. The van der Waals surface area contributed by atoms with Crippen molar-refractivity contribution in [2.24, 2.45) is 0 Å². The number of nitrogens with zero attached hydrogens (tertiary/aromatic N) is 1. The molecule has 0 aliphatic rings. The molecule has 0 spiro atoms. The number of rotatable bonds is 6. The predicted molar refractivity (Wildman–Crippen MR) is 88.1 cm³/mol. The van der Waals surface area contributed by atoms with E-state index in [0.717, 1.165) is 12.1 Å². The van der Waals surface area contributed by atoms with Crippen LogP contribution in [0.1, 0.15) is 52.2 Å². The maximum atomic E-state index is 12.3. The van der Waals surface area contributed by atoms with E-state index in [1.807, 2.05) is 0 Å². The lowest BCUT2D eigenvalue weighted by molar-refractivity contribution is 0.0472. The lowest BCUT2D eigenvalue weighted by Gasteiger charge is -2.09. The number of aromatic nitrogens is 1. The Balaban J connectivity index is 2.70. The smallest absolute Gasteiger partial charge is 0.374 e. The Morgan fingerprint density at radius 1 is 0.923 bits per heavy atom. The highest BCUT2D eigenvalue weighted by Crippen LogP contribution is 2.18. The average molecular weight is 363 g/mol. The molecule has 2 heterocycles. The number of carbonyl (C=O) groups excluding carboxylic acids is 3. The summed E-state index contributed by atoms with van der Waals surface area (Å²) >= 11 is 0. The molecule has 0 radical (unpaired) electrons. The van der Waals surface area contributed by atoms with Crippen LogP contribution in [0.25, 0.3) is 11.1 Å². The van der Waals surface area contributed by atoms with E-state index in [0.29, 0.717) is 0 Å². The lowest BCUT2D eigenvalue weighted by Crippen LogP contribution is -2.18. The fraction of sp³-hybridized carbons (Fsp3) is 0.353. The summed E-state index contributed by atoms with van der Waals surface area (Å²) in [7, 11) is 0. The number of hydrogen-bond donors (Lipinski definition) is 0. The number of ether oxygens (including phenoxy) is 3. The van der Waals surface area contributed by atoms with E-state index in [4.69, 9.17) is 18.6 Å². The third-order valence-electron chi connectivity index (χ3n) is 3.16. The molecule has 0 fully saturated rings. The zero-order chi connectivity index (χ0) is 19.3. The number of carbonyl (C=O) groups is 3. The first kappa shape index (κ1) is 19.1.